The minimum Gasteiger partial charge on any atom is -0.508 e. The number of nitrogens with zero attached hydrogens (tertiary/aromatic N) is 2. The number of H-pyrrole nitrogens is 1. The molecule has 0 saturated carbocycles. The number of rotatable bonds is 6. The van der Waals surface area contributed by atoms with Crippen LogP contribution in [0.2, 0.25) is 0 Å². The average molecular weight is 478 g/mol. The van der Waals surface area contributed by atoms with Crippen molar-refractivity contribution >= 4 is 11.9 Å². The van der Waals surface area contributed by atoms with Crippen molar-refractivity contribution in [1.29, 1.82) is 0 Å². The highest BCUT2D eigenvalue weighted by molar-refractivity contribution is 5.81. The number of carboxylic acid groups (broad SMARTS) is 1. The van der Waals surface area contributed by atoms with Crippen LogP contribution in [0.1, 0.15) is 25.3 Å². The molecule has 1 atom stereocenters. The molecular weight excluding hydrogens is 450 g/mol. The Kier molecular flexibility index (Phi) is 6.86. The van der Waals surface area contributed by atoms with Gasteiger partial charge in [-0.15, -0.1) is 0 Å². The third kappa shape index (κ3) is 5.51. The quantitative estimate of drug-likeness (QED) is 0.496. The molecule has 0 bridgehead atoms. The smallest absolute Gasteiger partial charge is 0.345 e. The Morgan fingerprint density at radius 3 is 2.54 bits per heavy atom. The van der Waals surface area contributed by atoms with Gasteiger partial charge in [-0.2, -0.15) is 4.98 Å². The molecule has 1 unspecified atom stereocenters. The van der Waals surface area contributed by atoms with Crippen LogP contribution < -0.4 is 10.4 Å². The summed E-state index contributed by atoms with van der Waals surface area (Å²) in [6.45, 7) is 4.21. The van der Waals surface area contributed by atoms with Crippen molar-refractivity contribution < 1.29 is 24.5 Å². The van der Waals surface area contributed by atoms with Crippen LogP contribution in [0, 0.1) is 12.8 Å². The van der Waals surface area contributed by atoms with Crippen LogP contribution in [0.4, 0.5) is 0 Å². The van der Waals surface area contributed by atoms with Gasteiger partial charge in [0, 0.05) is 24.2 Å². The first-order valence-electron chi connectivity index (χ1n) is 11.4. The standard InChI is InChI=1S/C26H27N3O6/c1-15-12-19(6-7-23(15)30)22-14-21(27-26(34)28-22)18-4-3-5-20(13-18)35-16(2)24(31)29-10-8-17(9-11-29)25(32)33/h3-7,12-14,16-17,30H,8-11H2,1-2H3,(H,32,33)(H,27,28,34). The summed E-state index contributed by atoms with van der Waals surface area (Å²) in [5, 5.41) is 18.9. The molecule has 3 N–H and O–H groups in total. The van der Waals surface area contributed by atoms with Gasteiger partial charge in [0.25, 0.3) is 5.91 Å². The van der Waals surface area contributed by atoms with Crippen LogP contribution in [0.5, 0.6) is 11.5 Å². The molecule has 1 saturated heterocycles. The minimum absolute atomic E-state index is 0.165. The first-order valence-corrected chi connectivity index (χ1v) is 11.4. The van der Waals surface area contributed by atoms with Gasteiger partial charge in [0.2, 0.25) is 0 Å². The maximum atomic E-state index is 12.8. The summed E-state index contributed by atoms with van der Waals surface area (Å²) in [5.41, 5.74) is 2.54. The number of amides is 1. The van der Waals surface area contributed by atoms with E-state index in [9.17, 15) is 19.5 Å². The number of carboxylic acids is 1. The summed E-state index contributed by atoms with van der Waals surface area (Å²) >= 11 is 0. The van der Waals surface area contributed by atoms with E-state index in [1.807, 2.05) is 6.07 Å². The Labute approximate surface area is 202 Å². The van der Waals surface area contributed by atoms with Crippen molar-refractivity contribution in [3.63, 3.8) is 0 Å². The molecule has 0 aliphatic carbocycles. The van der Waals surface area contributed by atoms with Gasteiger partial charge in [0.05, 0.1) is 17.3 Å². The molecule has 4 rings (SSSR count). The number of aryl methyl sites for hydroxylation is 1. The Hall–Kier alpha value is -4.14. The number of carbonyl (C=O) groups excluding carboxylic acids is 1. The Morgan fingerprint density at radius 1 is 1.11 bits per heavy atom. The first-order chi connectivity index (χ1) is 16.7. The molecule has 35 heavy (non-hydrogen) atoms. The predicted molar refractivity (Wildman–Crippen MR) is 129 cm³/mol. The molecule has 182 valence electrons. The monoisotopic (exact) mass is 477 g/mol. The fraction of sp³-hybridized carbons (Fsp3) is 0.308. The molecule has 2 heterocycles. The third-order valence-electron chi connectivity index (χ3n) is 6.20. The molecule has 1 fully saturated rings. The lowest BCUT2D eigenvalue weighted by Crippen LogP contribution is -2.45. The first kappa shape index (κ1) is 24.0. The van der Waals surface area contributed by atoms with Crippen molar-refractivity contribution in [2.24, 2.45) is 5.92 Å². The van der Waals surface area contributed by atoms with E-state index in [0.717, 1.165) is 0 Å². The Bertz CT molecular complexity index is 1310. The minimum atomic E-state index is -0.823. The summed E-state index contributed by atoms with van der Waals surface area (Å²) < 4.78 is 5.90. The number of aliphatic carboxylic acids is 1. The molecular formula is C26H27N3O6. The van der Waals surface area contributed by atoms with Crippen LogP contribution in [-0.4, -0.2) is 56.2 Å². The van der Waals surface area contributed by atoms with E-state index >= 15 is 0 Å². The van der Waals surface area contributed by atoms with Crippen molar-refractivity contribution in [3.8, 4) is 34.0 Å². The van der Waals surface area contributed by atoms with Gasteiger partial charge in [-0.25, -0.2) is 4.79 Å². The second-order valence-corrected chi connectivity index (χ2v) is 8.71. The lowest BCUT2D eigenvalue weighted by Gasteiger charge is -2.32. The van der Waals surface area contributed by atoms with Gasteiger partial charge in [-0.05, 0) is 68.7 Å². The van der Waals surface area contributed by atoms with Gasteiger partial charge < -0.3 is 24.8 Å². The summed E-state index contributed by atoms with van der Waals surface area (Å²) in [7, 11) is 0. The molecule has 0 spiro atoms. The lowest BCUT2D eigenvalue weighted by atomic mass is 9.97. The number of nitrogens with one attached hydrogen (secondary N) is 1. The molecule has 1 aliphatic heterocycles. The number of benzene rings is 2. The summed E-state index contributed by atoms with van der Waals surface area (Å²) in [4.78, 5) is 44.6. The number of phenols is 1. The fourth-order valence-electron chi connectivity index (χ4n) is 4.17. The molecule has 1 amide bonds. The van der Waals surface area contributed by atoms with Crippen molar-refractivity contribution in [3.05, 3.63) is 64.6 Å². The molecule has 2 aromatic carbocycles. The number of aromatic nitrogens is 2. The number of aromatic hydroxyl groups is 1. The highest BCUT2D eigenvalue weighted by Crippen LogP contribution is 2.28. The Morgan fingerprint density at radius 2 is 1.86 bits per heavy atom. The molecule has 1 aliphatic rings. The zero-order valence-corrected chi connectivity index (χ0v) is 19.5. The van der Waals surface area contributed by atoms with Gasteiger partial charge in [-0.3, -0.25) is 9.59 Å². The summed E-state index contributed by atoms with van der Waals surface area (Å²) in [6, 6.07) is 13.8. The number of carbonyl (C=O) groups is 2. The fourth-order valence-corrected chi connectivity index (χ4v) is 4.17. The molecule has 1 aromatic heterocycles. The van der Waals surface area contributed by atoms with E-state index in [0.29, 0.717) is 59.8 Å². The van der Waals surface area contributed by atoms with Crippen molar-refractivity contribution in [1.82, 2.24) is 14.9 Å². The normalized spacial score (nSPS) is 15.0. The van der Waals surface area contributed by atoms with E-state index in [1.54, 1.807) is 61.2 Å². The van der Waals surface area contributed by atoms with Gasteiger partial charge in [0.1, 0.15) is 11.5 Å². The zero-order chi connectivity index (χ0) is 25.1. The van der Waals surface area contributed by atoms with Crippen LogP contribution in [-0.2, 0) is 9.59 Å². The van der Waals surface area contributed by atoms with E-state index in [2.05, 4.69) is 9.97 Å². The second-order valence-electron chi connectivity index (χ2n) is 8.71. The van der Waals surface area contributed by atoms with Crippen molar-refractivity contribution in [2.75, 3.05) is 13.1 Å². The van der Waals surface area contributed by atoms with Gasteiger partial charge in [-0.1, -0.05) is 12.1 Å². The highest BCUT2D eigenvalue weighted by Gasteiger charge is 2.29. The van der Waals surface area contributed by atoms with Crippen LogP contribution >= 0.6 is 0 Å². The maximum Gasteiger partial charge on any atom is 0.345 e. The lowest BCUT2D eigenvalue weighted by molar-refractivity contribution is -0.147. The summed E-state index contributed by atoms with van der Waals surface area (Å²) in [6.07, 6.45) is 0.113. The number of phenolic OH excluding ortho intramolecular Hbond substituents is 1. The topological polar surface area (TPSA) is 133 Å². The van der Waals surface area contributed by atoms with Crippen LogP contribution in [0.25, 0.3) is 22.5 Å². The predicted octanol–water partition coefficient (Wildman–Crippen LogP) is 3.21. The highest BCUT2D eigenvalue weighted by atomic mass is 16.5. The number of hydrogen-bond donors (Lipinski definition) is 3. The summed E-state index contributed by atoms with van der Waals surface area (Å²) in [5.74, 6) is -0.801. The van der Waals surface area contributed by atoms with Crippen molar-refractivity contribution in [2.45, 2.75) is 32.8 Å². The van der Waals surface area contributed by atoms with E-state index in [1.165, 1.54) is 0 Å². The SMILES string of the molecule is Cc1cc(-c2cc(-c3cccc(OC(C)C(=O)N4CCC(C(=O)O)CC4)c3)[nH]c(=O)n2)ccc1O. The van der Waals surface area contributed by atoms with Gasteiger partial charge in [0.15, 0.2) is 6.10 Å². The number of hydrogen-bond acceptors (Lipinski definition) is 6. The zero-order valence-electron chi connectivity index (χ0n) is 19.5. The maximum absolute atomic E-state index is 12.8. The number of likely N-dealkylation sites (tertiary alicyclic amines) is 1. The number of aromatic amines is 1. The molecule has 9 nitrogen and oxygen atoms in total. The van der Waals surface area contributed by atoms with Gasteiger partial charge >= 0.3 is 11.7 Å². The molecule has 9 heteroatoms. The molecule has 3 aromatic rings. The third-order valence-corrected chi connectivity index (χ3v) is 6.20. The van der Waals surface area contributed by atoms with E-state index in [-0.39, 0.29) is 11.7 Å². The Balaban J connectivity index is 1.51. The largest absolute Gasteiger partial charge is 0.508 e. The van der Waals surface area contributed by atoms with Crippen LogP contribution in [0.15, 0.2) is 53.3 Å². The second kappa shape index (κ2) is 10.0. The van der Waals surface area contributed by atoms with Crippen LogP contribution in [0.3, 0.4) is 0 Å². The molecule has 0 radical (unpaired) electrons. The number of piperidine rings is 1. The number of ether oxygens (including phenoxy) is 1. The van der Waals surface area contributed by atoms with E-state index < -0.39 is 23.7 Å². The average Bonchev–Trinajstić information content (AvgIpc) is 2.85. The van der Waals surface area contributed by atoms with E-state index in [4.69, 9.17) is 9.84 Å².